The normalized spacial score (nSPS) is 10.1. The second kappa shape index (κ2) is 6.04. The molecular weight excluding hydrogens is 242 g/mol. The third-order valence-electron chi connectivity index (χ3n) is 2.76. The summed E-state index contributed by atoms with van der Waals surface area (Å²) in [4.78, 5) is 8.54. The van der Waals surface area contributed by atoms with Crippen LogP contribution in [0.15, 0.2) is 30.5 Å². The molecule has 0 saturated carbocycles. The van der Waals surface area contributed by atoms with E-state index in [0.29, 0.717) is 12.4 Å². The quantitative estimate of drug-likeness (QED) is 0.893. The zero-order chi connectivity index (χ0) is 13.7. The van der Waals surface area contributed by atoms with E-state index >= 15 is 0 Å². The lowest BCUT2D eigenvalue weighted by Crippen LogP contribution is -2.05. The number of aryl methyl sites for hydroxylation is 1. The van der Waals surface area contributed by atoms with Crippen molar-refractivity contribution in [1.29, 1.82) is 0 Å². The Kier molecular flexibility index (Phi) is 4.18. The average molecular weight is 259 g/mol. The van der Waals surface area contributed by atoms with Crippen molar-refractivity contribution in [1.82, 2.24) is 9.97 Å². The van der Waals surface area contributed by atoms with Gasteiger partial charge < -0.3 is 14.8 Å². The highest BCUT2D eigenvalue weighted by Crippen LogP contribution is 2.16. The zero-order valence-corrected chi connectivity index (χ0v) is 11.3. The van der Waals surface area contributed by atoms with Crippen LogP contribution in [0.5, 0.6) is 11.6 Å². The number of nitrogens with zero attached hydrogens (tertiary/aromatic N) is 2. The summed E-state index contributed by atoms with van der Waals surface area (Å²) >= 11 is 0. The molecule has 100 valence electrons. The van der Waals surface area contributed by atoms with Gasteiger partial charge in [0.05, 0.1) is 26.1 Å². The number of rotatable bonds is 5. The van der Waals surface area contributed by atoms with Crippen molar-refractivity contribution < 1.29 is 9.47 Å². The summed E-state index contributed by atoms with van der Waals surface area (Å²) in [7, 11) is 3.23. The van der Waals surface area contributed by atoms with Crippen molar-refractivity contribution in [3.8, 4) is 11.6 Å². The molecule has 1 heterocycles. The van der Waals surface area contributed by atoms with Gasteiger partial charge in [-0.05, 0) is 24.6 Å². The predicted molar refractivity (Wildman–Crippen MR) is 73.6 cm³/mol. The van der Waals surface area contributed by atoms with E-state index < -0.39 is 0 Å². The fourth-order valence-corrected chi connectivity index (χ4v) is 1.63. The van der Waals surface area contributed by atoms with Crippen molar-refractivity contribution >= 4 is 5.82 Å². The molecule has 0 spiro atoms. The number of ether oxygens (including phenoxy) is 2. The number of benzene rings is 1. The summed E-state index contributed by atoms with van der Waals surface area (Å²) in [6, 6.07) is 7.88. The van der Waals surface area contributed by atoms with Gasteiger partial charge in [-0.15, -0.1) is 0 Å². The topological polar surface area (TPSA) is 56.3 Å². The first-order chi connectivity index (χ1) is 9.22. The van der Waals surface area contributed by atoms with Gasteiger partial charge in [-0.1, -0.05) is 12.1 Å². The molecule has 2 rings (SSSR count). The lowest BCUT2D eigenvalue weighted by Gasteiger charge is -2.09. The number of hydrogen-bond acceptors (Lipinski definition) is 5. The Labute approximate surface area is 112 Å². The fraction of sp³-hybridized carbons (Fsp3) is 0.286. The minimum atomic E-state index is 0.503. The third-order valence-corrected chi connectivity index (χ3v) is 2.76. The summed E-state index contributed by atoms with van der Waals surface area (Å²) in [5.41, 5.74) is 1.99. The molecule has 2 aromatic rings. The van der Waals surface area contributed by atoms with Crippen LogP contribution in [0.1, 0.15) is 11.3 Å². The van der Waals surface area contributed by atoms with Gasteiger partial charge in [0, 0.05) is 6.54 Å². The van der Waals surface area contributed by atoms with Crippen LogP contribution in [-0.2, 0) is 6.54 Å². The molecule has 0 unspecified atom stereocenters. The molecule has 1 aromatic heterocycles. The Hall–Kier alpha value is -2.30. The van der Waals surface area contributed by atoms with Gasteiger partial charge in [-0.3, -0.25) is 4.98 Å². The molecule has 0 aliphatic heterocycles. The van der Waals surface area contributed by atoms with Gasteiger partial charge in [0.2, 0.25) is 5.88 Å². The van der Waals surface area contributed by atoms with Crippen molar-refractivity contribution in [2.24, 2.45) is 0 Å². The molecular formula is C14H17N3O2. The molecule has 5 heteroatoms. The highest BCUT2D eigenvalue weighted by molar-refractivity contribution is 5.42. The van der Waals surface area contributed by atoms with Crippen LogP contribution in [-0.4, -0.2) is 24.2 Å². The number of nitrogens with one attached hydrogen (secondary N) is 1. The van der Waals surface area contributed by atoms with Crippen molar-refractivity contribution in [2.75, 3.05) is 19.5 Å². The predicted octanol–water partition coefficient (Wildman–Crippen LogP) is 2.41. The highest BCUT2D eigenvalue weighted by atomic mass is 16.5. The van der Waals surface area contributed by atoms with E-state index in [2.05, 4.69) is 15.3 Å². The molecule has 1 N–H and O–H groups in total. The molecule has 0 fully saturated rings. The fourth-order valence-electron chi connectivity index (χ4n) is 1.63. The highest BCUT2D eigenvalue weighted by Gasteiger charge is 2.03. The van der Waals surface area contributed by atoms with E-state index in [9.17, 15) is 0 Å². The molecule has 0 amide bonds. The van der Waals surface area contributed by atoms with Crippen LogP contribution < -0.4 is 14.8 Å². The van der Waals surface area contributed by atoms with E-state index in [1.807, 2.05) is 31.2 Å². The third kappa shape index (κ3) is 3.34. The van der Waals surface area contributed by atoms with E-state index in [0.717, 1.165) is 22.8 Å². The molecule has 1 aromatic carbocycles. The maximum Gasteiger partial charge on any atom is 0.234 e. The molecule has 0 aliphatic carbocycles. The standard InChI is InChI=1S/C14H17N3O2/c1-10-14(17-13(19-3)9-15-10)16-8-11-4-6-12(18-2)7-5-11/h4-7,9H,8H2,1-3H3,(H,16,17). The van der Waals surface area contributed by atoms with Crippen LogP contribution in [0, 0.1) is 6.92 Å². The second-order valence-corrected chi connectivity index (χ2v) is 4.05. The minimum Gasteiger partial charge on any atom is -0.497 e. The molecule has 0 bridgehead atoms. The largest absolute Gasteiger partial charge is 0.497 e. The Balaban J connectivity index is 2.05. The Morgan fingerprint density at radius 2 is 1.84 bits per heavy atom. The van der Waals surface area contributed by atoms with Gasteiger partial charge >= 0.3 is 0 Å². The van der Waals surface area contributed by atoms with Gasteiger partial charge in [0.1, 0.15) is 5.75 Å². The van der Waals surface area contributed by atoms with Crippen molar-refractivity contribution in [3.05, 3.63) is 41.7 Å². The van der Waals surface area contributed by atoms with Crippen LogP contribution in [0.4, 0.5) is 5.82 Å². The Morgan fingerprint density at radius 1 is 1.11 bits per heavy atom. The van der Waals surface area contributed by atoms with Gasteiger partial charge in [0.25, 0.3) is 0 Å². The van der Waals surface area contributed by atoms with Crippen LogP contribution in [0.2, 0.25) is 0 Å². The van der Waals surface area contributed by atoms with E-state index in [1.165, 1.54) is 0 Å². The van der Waals surface area contributed by atoms with E-state index in [4.69, 9.17) is 9.47 Å². The first-order valence-corrected chi connectivity index (χ1v) is 5.97. The molecule has 0 atom stereocenters. The smallest absolute Gasteiger partial charge is 0.234 e. The molecule has 0 aliphatic rings. The summed E-state index contributed by atoms with van der Waals surface area (Å²) in [6.45, 7) is 2.58. The minimum absolute atomic E-state index is 0.503. The maximum atomic E-state index is 5.12. The Morgan fingerprint density at radius 3 is 2.47 bits per heavy atom. The van der Waals surface area contributed by atoms with Crippen molar-refractivity contribution in [3.63, 3.8) is 0 Å². The van der Waals surface area contributed by atoms with Crippen LogP contribution in [0.3, 0.4) is 0 Å². The first-order valence-electron chi connectivity index (χ1n) is 5.97. The SMILES string of the molecule is COc1ccc(CNc2nc(OC)cnc2C)cc1. The van der Waals surface area contributed by atoms with Gasteiger partial charge in [-0.25, -0.2) is 0 Å². The van der Waals surface area contributed by atoms with E-state index in [1.54, 1.807) is 20.4 Å². The number of methoxy groups -OCH3 is 2. The summed E-state index contributed by atoms with van der Waals surface area (Å²) < 4.78 is 10.2. The second-order valence-electron chi connectivity index (χ2n) is 4.05. The number of anilines is 1. The summed E-state index contributed by atoms with van der Waals surface area (Å²) in [5, 5.41) is 3.25. The van der Waals surface area contributed by atoms with Crippen LogP contribution in [0.25, 0.3) is 0 Å². The summed E-state index contributed by atoms with van der Waals surface area (Å²) in [5.74, 6) is 2.08. The van der Waals surface area contributed by atoms with Gasteiger partial charge in [0.15, 0.2) is 5.82 Å². The summed E-state index contributed by atoms with van der Waals surface area (Å²) in [6.07, 6.45) is 1.61. The van der Waals surface area contributed by atoms with Crippen LogP contribution >= 0.6 is 0 Å². The molecule has 5 nitrogen and oxygen atoms in total. The number of aromatic nitrogens is 2. The zero-order valence-electron chi connectivity index (χ0n) is 11.3. The lowest BCUT2D eigenvalue weighted by molar-refractivity contribution is 0.396. The average Bonchev–Trinajstić information content (AvgIpc) is 2.47. The molecule has 19 heavy (non-hydrogen) atoms. The first kappa shape index (κ1) is 13.1. The van der Waals surface area contributed by atoms with Gasteiger partial charge in [-0.2, -0.15) is 4.98 Å². The maximum absolute atomic E-state index is 5.12. The Bertz CT molecular complexity index is 541. The van der Waals surface area contributed by atoms with E-state index in [-0.39, 0.29) is 0 Å². The molecule has 0 radical (unpaired) electrons. The number of hydrogen-bond donors (Lipinski definition) is 1. The van der Waals surface area contributed by atoms with Crippen molar-refractivity contribution in [2.45, 2.75) is 13.5 Å². The molecule has 0 saturated heterocycles. The lowest BCUT2D eigenvalue weighted by atomic mass is 10.2. The monoisotopic (exact) mass is 259 g/mol.